The van der Waals surface area contributed by atoms with Gasteiger partial charge >= 0.3 is 0 Å². The van der Waals surface area contributed by atoms with Crippen molar-refractivity contribution in [3.05, 3.63) is 35.5 Å². The number of hydrogen-bond donors (Lipinski definition) is 0. The lowest BCUT2D eigenvalue weighted by atomic mass is 10.2. The normalized spacial score (nSPS) is 10.4. The fourth-order valence-electron chi connectivity index (χ4n) is 1.52. The van der Waals surface area contributed by atoms with E-state index in [1.807, 2.05) is 42.0 Å². The van der Waals surface area contributed by atoms with Crippen molar-refractivity contribution in [3.63, 3.8) is 0 Å². The number of imidazole rings is 1. The Bertz CT molecular complexity index is 499. The molecule has 82 valence electrons. The van der Waals surface area contributed by atoms with E-state index in [9.17, 15) is 0 Å². The van der Waals surface area contributed by atoms with E-state index < -0.39 is 0 Å². The van der Waals surface area contributed by atoms with Crippen LogP contribution in [0.2, 0.25) is 5.02 Å². The summed E-state index contributed by atoms with van der Waals surface area (Å²) in [6, 6.07) is 7.58. The lowest BCUT2D eigenvalue weighted by molar-refractivity contribution is 0.766. The van der Waals surface area contributed by atoms with Crippen molar-refractivity contribution in [2.24, 2.45) is 4.99 Å². The molecule has 2 rings (SSSR count). The number of halogens is 1. The molecule has 0 radical (unpaired) electrons. The van der Waals surface area contributed by atoms with Gasteiger partial charge in [-0.3, -0.25) is 0 Å². The van der Waals surface area contributed by atoms with Crippen molar-refractivity contribution >= 4 is 24.3 Å². The number of nitrogens with zero attached hydrogens (tertiary/aromatic N) is 3. The summed E-state index contributed by atoms with van der Waals surface area (Å²) in [6.45, 7) is 6.38. The summed E-state index contributed by atoms with van der Waals surface area (Å²) in [4.78, 5) is 8.27. The van der Waals surface area contributed by atoms with Crippen molar-refractivity contribution < 1.29 is 0 Å². The molecule has 0 amide bonds. The first kappa shape index (κ1) is 10.9. The second-order valence-corrected chi connectivity index (χ2v) is 3.81. The standard InChI is InChI=1S/C12H12ClN3/c1-3-16-8-11(15-12(16)14-2)9-4-6-10(13)7-5-9/h4-8H,2-3H2,1H3. The van der Waals surface area contributed by atoms with Crippen LogP contribution in [-0.2, 0) is 6.54 Å². The van der Waals surface area contributed by atoms with Gasteiger partial charge in [0.25, 0.3) is 0 Å². The van der Waals surface area contributed by atoms with Crippen LogP contribution >= 0.6 is 11.6 Å². The average molecular weight is 234 g/mol. The number of aliphatic imine (C=N–C) groups is 1. The Labute approximate surface area is 99.4 Å². The van der Waals surface area contributed by atoms with E-state index in [2.05, 4.69) is 16.7 Å². The quantitative estimate of drug-likeness (QED) is 0.746. The SMILES string of the molecule is C=Nc1nc(-c2ccc(Cl)cc2)cn1CC. The Hall–Kier alpha value is -1.61. The zero-order chi connectivity index (χ0) is 11.5. The first-order chi connectivity index (χ1) is 7.74. The molecule has 1 aromatic carbocycles. The van der Waals surface area contributed by atoms with Crippen LogP contribution in [0.15, 0.2) is 35.5 Å². The summed E-state index contributed by atoms with van der Waals surface area (Å²) in [7, 11) is 0. The van der Waals surface area contributed by atoms with Gasteiger partial charge in [-0.1, -0.05) is 23.7 Å². The summed E-state index contributed by atoms with van der Waals surface area (Å²) >= 11 is 5.84. The molecule has 16 heavy (non-hydrogen) atoms. The highest BCUT2D eigenvalue weighted by Crippen LogP contribution is 2.23. The van der Waals surface area contributed by atoms with Crippen LogP contribution in [0.5, 0.6) is 0 Å². The van der Waals surface area contributed by atoms with E-state index in [1.165, 1.54) is 0 Å². The second kappa shape index (κ2) is 4.49. The fraction of sp³-hybridized carbons (Fsp3) is 0.167. The topological polar surface area (TPSA) is 30.2 Å². The van der Waals surface area contributed by atoms with Crippen molar-refractivity contribution in [1.82, 2.24) is 9.55 Å². The van der Waals surface area contributed by atoms with Gasteiger partial charge in [-0.05, 0) is 25.8 Å². The van der Waals surface area contributed by atoms with Gasteiger partial charge in [-0.25, -0.2) is 9.98 Å². The second-order valence-electron chi connectivity index (χ2n) is 3.38. The van der Waals surface area contributed by atoms with E-state index in [1.54, 1.807) is 0 Å². The lowest BCUT2D eigenvalue weighted by Gasteiger charge is -1.96. The molecule has 0 bridgehead atoms. The van der Waals surface area contributed by atoms with E-state index in [4.69, 9.17) is 11.6 Å². The number of rotatable bonds is 3. The summed E-state index contributed by atoms with van der Waals surface area (Å²) in [5.41, 5.74) is 1.92. The molecule has 0 aliphatic rings. The molecule has 0 aliphatic carbocycles. The third-order valence-corrected chi connectivity index (χ3v) is 2.63. The third kappa shape index (κ3) is 1.99. The molecule has 0 spiro atoms. The molecule has 0 atom stereocenters. The highest BCUT2D eigenvalue weighted by Gasteiger charge is 2.06. The molecule has 1 heterocycles. The fourth-order valence-corrected chi connectivity index (χ4v) is 1.65. The Kier molecular flexibility index (Phi) is 3.06. The van der Waals surface area contributed by atoms with Crippen LogP contribution < -0.4 is 0 Å². The van der Waals surface area contributed by atoms with Crippen LogP contribution in [0.1, 0.15) is 6.92 Å². The lowest BCUT2D eigenvalue weighted by Crippen LogP contribution is -1.89. The largest absolute Gasteiger partial charge is 0.315 e. The molecule has 1 aromatic heterocycles. The third-order valence-electron chi connectivity index (χ3n) is 2.38. The highest BCUT2D eigenvalue weighted by molar-refractivity contribution is 6.30. The van der Waals surface area contributed by atoms with Crippen molar-refractivity contribution in [1.29, 1.82) is 0 Å². The Morgan fingerprint density at radius 3 is 2.56 bits per heavy atom. The van der Waals surface area contributed by atoms with E-state index in [0.29, 0.717) is 5.95 Å². The van der Waals surface area contributed by atoms with Gasteiger partial charge in [0.1, 0.15) is 0 Å². The van der Waals surface area contributed by atoms with E-state index in [0.717, 1.165) is 22.8 Å². The molecular formula is C12H12ClN3. The molecule has 0 N–H and O–H groups in total. The zero-order valence-electron chi connectivity index (χ0n) is 9.02. The maximum absolute atomic E-state index is 5.84. The smallest absolute Gasteiger partial charge is 0.229 e. The molecule has 0 saturated carbocycles. The number of benzene rings is 1. The van der Waals surface area contributed by atoms with Gasteiger partial charge in [-0.2, -0.15) is 0 Å². The predicted molar refractivity (Wildman–Crippen MR) is 67.6 cm³/mol. The summed E-state index contributed by atoms with van der Waals surface area (Å²) in [6.07, 6.45) is 1.97. The van der Waals surface area contributed by atoms with Gasteiger partial charge in [0.2, 0.25) is 5.95 Å². The highest BCUT2D eigenvalue weighted by atomic mass is 35.5. The number of aryl methyl sites for hydroxylation is 1. The zero-order valence-corrected chi connectivity index (χ0v) is 9.78. The van der Waals surface area contributed by atoms with Crippen molar-refractivity contribution in [3.8, 4) is 11.3 Å². The van der Waals surface area contributed by atoms with Gasteiger partial charge in [0, 0.05) is 23.3 Å². The maximum Gasteiger partial charge on any atom is 0.229 e. The minimum Gasteiger partial charge on any atom is -0.315 e. The minimum absolute atomic E-state index is 0.646. The van der Waals surface area contributed by atoms with Crippen LogP contribution in [0.4, 0.5) is 5.95 Å². The monoisotopic (exact) mass is 233 g/mol. The number of hydrogen-bond acceptors (Lipinski definition) is 2. The van der Waals surface area contributed by atoms with Gasteiger partial charge < -0.3 is 4.57 Å². The molecule has 0 saturated heterocycles. The number of aromatic nitrogens is 2. The Morgan fingerprint density at radius 1 is 1.38 bits per heavy atom. The molecular weight excluding hydrogens is 222 g/mol. The summed E-state index contributed by atoms with van der Waals surface area (Å²) in [5, 5.41) is 0.723. The molecule has 2 aromatic rings. The van der Waals surface area contributed by atoms with Gasteiger partial charge in [-0.15, -0.1) is 0 Å². The van der Waals surface area contributed by atoms with Crippen LogP contribution in [0, 0.1) is 0 Å². The first-order valence-corrected chi connectivity index (χ1v) is 5.42. The van der Waals surface area contributed by atoms with Crippen LogP contribution in [-0.4, -0.2) is 16.3 Å². The molecule has 0 aliphatic heterocycles. The van der Waals surface area contributed by atoms with Crippen LogP contribution in [0.3, 0.4) is 0 Å². The van der Waals surface area contributed by atoms with Crippen molar-refractivity contribution in [2.75, 3.05) is 0 Å². The molecule has 4 heteroatoms. The molecule has 3 nitrogen and oxygen atoms in total. The van der Waals surface area contributed by atoms with Crippen LogP contribution in [0.25, 0.3) is 11.3 Å². The molecule has 0 fully saturated rings. The minimum atomic E-state index is 0.646. The summed E-state index contributed by atoms with van der Waals surface area (Å²) < 4.78 is 1.96. The van der Waals surface area contributed by atoms with Gasteiger partial charge in [0.15, 0.2) is 0 Å². The summed E-state index contributed by atoms with van der Waals surface area (Å²) in [5.74, 6) is 0.646. The van der Waals surface area contributed by atoms with E-state index in [-0.39, 0.29) is 0 Å². The maximum atomic E-state index is 5.84. The molecule has 0 unspecified atom stereocenters. The average Bonchev–Trinajstić information content (AvgIpc) is 2.73. The predicted octanol–water partition coefficient (Wildman–Crippen LogP) is 3.56. The van der Waals surface area contributed by atoms with Gasteiger partial charge in [0.05, 0.1) is 5.69 Å². The van der Waals surface area contributed by atoms with E-state index >= 15 is 0 Å². The first-order valence-electron chi connectivity index (χ1n) is 5.04. The Morgan fingerprint density at radius 2 is 2.06 bits per heavy atom. The Balaban J connectivity index is 2.44. The van der Waals surface area contributed by atoms with Crippen molar-refractivity contribution in [2.45, 2.75) is 13.5 Å².